The fraction of sp³-hybridized carbons (Fsp3) is 0.133. The van der Waals surface area contributed by atoms with Crippen LogP contribution in [0.5, 0.6) is 5.75 Å². The molecule has 0 saturated heterocycles. The van der Waals surface area contributed by atoms with Gasteiger partial charge >= 0.3 is 0 Å². The first-order chi connectivity index (χ1) is 9.20. The van der Waals surface area contributed by atoms with Crippen LogP contribution >= 0.6 is 15.9 Å². The Kier molecular flexibility index (Phi) is 3.03. The summed E-state index contributed by atoms with van der Waals surface area (Å²) in [5.74, 6) is 1.35. The molecule has 0 aromatic heterocycles. The average Bonchev–Trinajstić information content (AvgIpc) is 2.77. The van der Waals surface area contributed by atoms with Gasteiger partial charge in [0.25, 0.3) is 0 Å². The Bertz CT molecular complexity index is 654. The fourth-order valence-electron chi connectivity index (χ4n) is 2.33. The van der Waals surface area contributed by atoms with Crippen LogP contribution in [-0.4, -0.2) is 12.9 Å². The van der Waals surface area contributed by atoms with E-state index >= 15 is 0 Å². The fourth-order valence-corrected chi connectivity index (χ4v) is 2.86. The smallest absolute Gasteiger partial charge is 0.133 e. The average molecular weight is 317 g/mol. The lowest BCUT2D eigenvalue weighted by Crippen LogP contribution is -2.22. The van der Waals surface area contributed by atoms with Crippen LogP contribution < -0.4 is 9.64 Å². The number of nitrogens with zero attached hydrogens (tertiary/aromatic N) is 1. The zero-order chi connectivity index (χ0) is 13.4. The standard InChI is InChI=1S/C15H13BrN2O/c1-19-14-7-6-11(8-13(14)16)18-9-10-4-2-3-5-12(10)15(18)17/h2-8,17H,9H2,1H3. The number of hydrogen-bond acceptors (Lipinski definition) is 2. The van der Waals surface area contributed by atoms with Crippen LogP contribution in [0.2, 0.25) is 0 Å². The van der Waals surface area contributed by atoms with Gasteiger partial charge in [0.2, 0.25) is 0 Å². The number of hydrogen-bond donors (Lipinski definition) is 1. The minimum atomic E-state index is 0.549. The maximum Gasteiger partial charge on any atom is 0.133 e. The Morgan fingerprint density at radius 1 is 1.21 bits per heavy atom. The molecule has 0 bridgehead atoms. The van der Waals surface area contributed by atoms with Gasteiger partial charge in [0.15, 0.2) is 0 Å². The van der Waals surface area contributed by atoms with Crippen LogP contribution in [0.3, 0.4) is 0 Å². The quantitative estimate of drug-likeness (QED) is 0.914. The van der Waals surface area contributed by atoms with E-state index in [1.54, 1.807) is 7.11 Å². The molecule has 96 valence electrons. The molecule has 0 radical (unpaired) electrons. The van der Waals surface area contributed by atoms with Gasteiger partial charge in [-0.25, -0.2) is 0 Å². The van der Waals surface area contributed by atoms with Gasteiger partial charge < -0.3 is 9.64 Å². The molecule has 3 rings (SSSR count). The molecule has 0 unspecified atom stereocenters. The molecular weight excluding hydrogens is 304 g/mol. The van der Waals surface area contributed by atoms with Crippen molar-refractivity contribution in [3.8, 4) is 5.75 Å². The van der Waals surface area contributed by atoms with Crippen molar-refractivity contribution >= 4 is 27.5 Å². The van der Waals surface area contributed by atoms with Crippen molar-refractivity contribution in [3.05, 3.63) is 58.1 Å². The third kappa shape index (κ3) is 2.02. The van der Waals surface area contributed by atoms with E-state index < -0.39 is 0 Å². The molecule has 1 aliphatic heterocycles. The second-order valence-electron chi connectivity index (χ2n) is 4.41. The van der Waals surface area contributed by atoms with Gasteiger partial charge in [0.1, 0.15) is 11.6 Å². The van der Waals surface area contributed by atoms with Crippen molar-refractivity contribution in [2.75, 3.05) is 12.0 Å². The van der Waals surface area contributed by atoms with Crippen molar-refractivity contribution in [1.82, 2.24) is 0 Å². The SMILES string of the molecule is COc1ccc(N2Cc3ccccc3C2=N)cc1Br. The van der Waals surface area contributed by atoms with E-state index in [1.807, 2.05) is 41.3 Å². The number of nitrogens with one attached hydrogen (secondary N) is 1. The minimum Gasteiger partial charge on any atom is -0.496 e. The summed E-state index contributed by atoms with van der Waals surface area (Å²) in [5, 5.41) is 8.27. The normalized spacial score (nSPS) is 13.6. The third-order valence-corrected chi connectivity index (χ3v) is 3.94. The van der Waals surface area contributed by atoms with E-state index in [1.165, 1.54) is 5.56 Å². The molecule has 4 heteroatoms. The van der Waals surface area contributed by atoms with Crippen molar-refractivity contribution in [2.45, 2.75) is 6.54 Å². The van der Waals surface area contributed by atoms with Crippen LogP contribution in [0.15, 0.2) is 46.9 Å². The van der Waals surface area contributed by atoms with Gasteiger partial charge in [-0.15, -0.1) is 0 Å². The summed E-state index contributed by atoms with van der Waals surface area (Å²) in [4.78, 5) is 1.99. The summed E-state index contributed by atoms with van der Waals surface area (Å²) in [7, 11) is 1.65. The van der Waals surface area contributed by atoms with E-state index in [4.69, 9.17) is 10.1 Å². The first kappa shape index (κ1) is 12.2. The molecule has 0 fully saturated rings. The maximum absolute atomic E-state index is 8.27. The van der Waals surface area contributed by atoms with Crippen LogP contribution in [0.1, 0.15) is 11.1 Å². The summed E-state index contributed by atoms with van der Waals surface area (Å²) < 4.78 is 6.13. The highest BCUT2D eigenvalue weighted by Gasteiger charge is 2.25. The summed E-state index contributed by atoms with van der Waals surface area (Å²) in [5.41, 5.74) is 3.20. The molecule has 19 heavy (non-hydrogen) atoms. The number of anilines is 1. The van der Waals surface area contributed by atoms with Crippen molar-refractivity contribution in [2.24, 2.45) is 0 Å². The lowest BCUT2D eigenvalue weighted by atomic mass is 10.1. The van der Waals surface area contributed by atoms with Gasteiger partial charge in [-0.05, 0) is 39.7 Å². The molecule has 1 heterocycles. The monoisotopic (exact) mass is 316 g/mol. The Balaban J connectivity index is 1.97. The Labute approximate surface area is 120 Å². The number of amidine groups is 1. The molecule has 0 spiro atoms. The van der Waals surface area contributed by atoms with E-state index in [0.717, 1.165) is 28.0 Å². The van der Waals surface area contributed by atoms with Crippen molar-refractivity contribution in [3.63, 3.8) is 0 Å². The summed E-state index contributed by atoms with van der Waals surface area (Å²) in [6.07, 6.45) is 0. The van der Waals surface area contributed by atoms with Crippen molar-refractivity contribution in [1.29, 1.82) is 5.41 Å². The molecule has 1 aliphatic rings. The van der Waals surface area contributed by atoms with E-state index in [9.17, 15) is 0 Å². The number of benzene rings is 2. The maximum atomic E-state index is 8.27. The highest BCUT2D eigenvalue weighted by atomic mass is 79.9. The van der Waals surface area contributed by atoms with Gasteiger partial charge in [-0.3, -0.25) is 5.41 Å². The van der Waals surface area contributed by atoms with E-state index in [2.05, 4.69) is 22.0 Å². The molecular formula is C15H13BrN2O. The minimum absolute atomic E-state index is 0.549. The topological polar surface area (TPSA) is 36.3 Å². The van der Waals surface area contributed by atoms with Gasteiger partial charge in [-0.2, -0.15) is 0 Å². The number of fused-ring (bicyclic) bond motifs is 1. The molecule has 0 saturated carbocycles. The molecule has 3 nitrogen and oxygen atoms in total. The Morgan fingerprint density at radius 2 is 2.00 bits per heavy atom. The first-order valence-electron chi connectivity index (χ1n) is 5.98. The summed E-state index contributed by atoms with van der Waals surface area (Å²) >= 11 is 3.49. The predicted octanol–water partition coefficient (Wildman–Crippen LogP) is 3.80. The Morgan fingerprint density at radius 3 is 2.68 bits per heavy atom. The zero-order valence-corrected chi connectivity index (χ0v) is 12.1. The Hall–Kier alpha value is -1.81. The summed E-state index contributed by atoms with van der Waals surface area (Å²) in [6, 6.07) is 13.9. The first-order valence-corrected chi connectivity index (χ1v) is 6.78. The lowest BCUT2D eigenvalue weighted by Gasteiger charge is -2.19. The molecule has 2 aromatic rings. The molecule has 0 amide bonds. The molecule has 0 aliphatic carbocycles. The zero-order valence-electron chi connectivity index (χ0n) is 10.5. The van der Waals surface area contributed by atoms with Crippen LogP contribution in [0.4, 0.5) is 5.69 Å². The number of ether oxygens (including phenoxy) is 1. The second kappa shape index (κ2) is 4.70. The van der Waals surface area contributed by atoms with E-state index in [-0.39, 0.29) is 0 Å². The third-order valence-electron chi connectivity index (χ3n) is 3.32. The molecule has 2 aromatic carbocycles. The van der Waals surface area contributed by atoms with Gasteiger partial charge in [0.05, 0.1) is 18.1 Å². The highest BCUT2D eigenvalue weighted by molar-refractivity contribution is 9.10. The number of rotatable bonds is 2. The van der Waals surface area contributed by atoms with E-state index in [0.29, 0.717) is 5.84 Å². The number of methoxy groups -OCH3 is 1. The van der Waals surface area contributed by atoms with Crippen LogP contribution in [0, 0.1) is 5.41 Å². The number of halogens is 1. The lowest BCUT2D eigenvalue weighted by molar-refractivity contribution is 0.412. The van der Waals surface area contributed by atoms with Gasteiger partial charge in [0, 0.05) is 11.3 Å². The van der Waals surface area contributed by atoms with Crippen LogP contribution in [-0.2, 0) is 6.54 Å². The molecule has 0 atom stereocenters. The largest absolute Gasteiger partial charge is 0.496 e. The molecule has 1 N–H and O–H groups in total. The van der Waals surface area contributed by atoms with Gasteiger partial charge in [-0.1, -0.05) is 24.3 Å². The predicted molar refractivity (Wildman–Crippen MR) is 80.1 cm³/mol. The summed E-state index contributed by atoms with van der Waals surface area (Å²) in [6.45, 7) is 0.744. The van der Waals surface area contributed by atoms with Crippen LogP contribution in [0.25, 0.3) is 0 Å². The second-order valence-corrected chi connectivity index (χ2v) is 5.27. The highest BCUT2D eigenvalue weighted by Crippen LogP contribution is 2.33. The van der Waals surface area contributed by atoms with Crippen molar-refractivity contribution < 1.29 is 4.74 Å².